The topological polar surface area (TPSA) is 50.7 Å². The molecule has 1 N–H and O–H groups in total. The molecule has 4 rings (SSSR count). The third-order valence-corrected chi connectivity index (χ3v) is 4.48. The quantitative estimate of drug-likeness (QED) is 0.446. The van der Waals surface area contributed by atoms with E-state index in [2.05, 4.69) is 25.9 Å². The number of hydrogen-bond donors (Lipinski definition) is 1. The fraction of sp³-hybridized carbons (Fsp3) is 0.0588. The van der Waals surface area contributed by atoms with E-state index in [1.165, 1.54) is 6.20 Å². The van der Waals surface area contributed by atoms with E-state index in [0.717, 1.165) is 15.1 Å². The number of rotatable bonds is 1. The molecule has 0 atom stereocenters. The van der Waals surface area contributed by atoms with Gasteiger partial charge in [0.05, 0.1) is 34.0 Å². The summed E-state index contributed by atoms with van der Waals surface area (Å²) in [7, 11) is 0. The summed E-state index contributed by atoms with van der Waals surface area (Å²) in [6.45, 7) is 0. The average molecular weight is 426 g/mol. The van der Waals surface area contributed by atoms with Gasteiger partial charge in [0.25, 0.3) is 0 Å². The largest absolute Gasteiger partial charge is 0.419 e. The van der Waals surface area contributed by atoms with Gasteiger partial charge in [-0.2, -0.15) is 13.2 Å². The molecule has 0 aliphatic rings. The van der Waals surface area contributed by atoms with Crippen LogP contribution in [0.3, 0.4) is 0 Å². The molecule has 0 unspecified atom stereocenters. The first-order chi connectivity index (χ1) is 12.3. The number of hydrogen-bond acceptors (Lipinski definition) is 2. The number of benzene rings is 2. The van der Waals surface area contributed by atoms with Gasteiger partial charge in [0.2, 0.25) is 0 Å². The summed E-state index contributed by atoms with van der Waals surface area (Å²) in [6.07, 6.45) is -3.44. The van der Waals surface area contributed by atoms with Crippen LogP contribution in [-0.4, -0.2) is 14.5 Å². The summed E-state index contributed by atoms with van der Waals surface area (Å²) in [5.41, 5.74) is -0.890. The SMILES string of the molecule is O=c1[nH]c2cnc3ccc(Br)cc3c2n1-c1ccc(F)c(C(F)(F)F)c1. The maximum Gasteiger partial charge on any atom is 0.419 e. The molecule has 132 valence electrons. The molecule has 2 heterocycles. The summed E-state index contributed by atoms with van der Waals surface area (Å²) in [5, 5.41) is 0.563. The predicted octanol–water partition coefficient (Wildman–Crippen LogP) is 4.79. The minimum Gasteiger partial charge on any atom is -0.304 e. The molecule has 2 aromatic carbocycles. The maximum absolute atomic E-state index is 13.6. The normalized spacial score (nSPS) is 12.2. The van der Waals surface area contributed by atoms with Crippen LogP contribution in [0.5, 0.6) is 0 Å². The number of halogens is 5. The van der Waals surface area contributed by atoms with Crippen molar-refractivity contribution in [3.63, 3.8) is 0 Å². The minimum atomic E-state index is -4.87. The highest BCUT2D eigenvalue weighted by Gasteiger charge is 2.34. The lowest BCUT2D eigenvalue weighted by Crippen LogP contribution is -2.16. The number of aromatic amines is 1. The van der Waals surface area contributed by atoms with E-state index in [9.17, 15) is 22.4 Å². The Morgan fingerprint density at radius 2 is 1.88 bits per heavy atom. The summed E-state index contributed by atoms with van der Waals surface area (Å²) in [4.78, 5) is 19.2. The monoisotopic (exact) mass is 425 g/mol. The van der Waals surface area contributed by atoms with Gasteiger partial charge in [-0.1, -0.05) is 15.9 Å². The first-order valence-electron chi connectivity index (χ1n) is 7.32. The van der Waals surface area contributed by atoms with Crippen LogP contribution in [0.15, 0.2) is 51.9 Å². The van der Waals surface area contributed by atoms with Gasteiger partial charge in [-0.15, -0.1) is 0 Å². The van der Waals surface area contributed by atoms with Gasteiger partial charge in [0.15, 0.2) is 0 Å². The van der Waals surface area contributed by atoms with E-state index < -0.39 is 23.2 Å². The molecule has 9 heteroatoms. The smallest absolute Gasteiger partial charge is 0.304 e. The van der Waals surface area contributed by atoms with E-state index in [1.807, 2.05) is 0 Å². The Morgan fingerprint density at radius 1 is 1.12 bits per heavy atom. The Morgan fingerprint density at radius 3 is 2.62 bits per heavy atom. The summed E-state index contributed by atoms with van der Waals surface area (Å²) in [5.74, 6) is -1.40. The van der Waals surface area contributed by atoms with E-state index in [4.69, 9.17) is 0 Å². The second-order valence-electron chi connectivity index (χ2n) is 5.61. The van der Waals surface area contributed by atoms with Gasteiger partial charge in [-0.3, -0.25) is 9.55 Å². The standard InChI is InChI=1S/C17H8BrF4N3O/c18-8-1-4-13-10(5-8)15-14(7-23-13)24-16(26)25(15)9-2-3-12(19)11(6-9)17(20,21)22/h1-7H,(H,24,26). The first-order valence-corrected chi connectivity index (χ1v) is 8.11. The summed E-state index contributed by atoms with van der Waals surface area (Å²) in [6, 6.07) is 7.63. The van der Waals surface area contributed by atoms with E-state index in [-0.39, 0.29) is 5.69 Å². The molecule has 0 amide bonds. The first kappa shape index (κ1) is 16.8. The molecule has 0 aliphatic carbocycles. The second-order valence-corrected chi connectivity index (χ2v) is 6.53. The van der Waals surface area contributed by atoms with Crippen molar-refractivity contribution < 1.29 is 17.6 Å². The van der Waals surface area contributed by atoms with E-state index in [1.54, 1.807) is 18.2 Å². The number of nitrogens with zero attached hydrogens (tertiary/aromatic N) is 2. The Balaban J connectivity index is 2.11. The van der Waals surface area contributed by atoms with Crippen molar-refractivity contribution in [2.45, 2.75) is 6.18 Å². The van der Waals surface area contributed by atoms with Crippen molar-refractivity contribution in [1.82, 2.24) is 14.5 Å². The highest BCUT2D eigenvalue weighted by molar-refractivity contribution is 9.10. The average Bonchev–Trinajstić information content (AvgIpc) is 2.91. The Hall–Kier alpha value is -2.68. The number of fused-ring (bicyclic) bond motifs is 3. The highest BCUT2D eigenvalue weighted by Crippen LogP contribution is 2.33. The number of aromatic nitrogens is 3. The fourth-order valence-corrected chi connectivity index (χ4v) is 3.23. The molecule has 0 fully saturated rings. The number of H-pyrrole nitrogens is 1. The van der Waals surface area contributed by atoms with Crippen molar-refractivity contribution in [2.24, 2.45) is 0 Å². The Bertz CT molecular complexity index is 1230. The van der Waals surface area contributed by atoms with Crippen molar-refractivity contribution in [2.75, 3.05) is 0 Å². The van der Waals surface area contributed by atoms with Crippen LogP contribution in [-0.2, 0) is 6.18 Å². The molecular formula is C17H8BrF4N3O. The number of pyridine rings is 1. The van der Waals surface area contributed by atoms with E-state index in [0.29, 0.717) is 34.1 Å². The van der Waals surface area contributed by atoms with Crippen LogP contribution >= 0.6 is 15.9 Å². The zero-order valence-electron chi connectivity index (χ0n) is 12.7. The zero-order chi connectivity index (χ0) is 18.6. The highest BCUT2D eigenvalue weighted by atomic mass is 79.9. The molecule has 0 bridgehead atoms. The third-order valence-electron chi connectivity index (χ3n) is 3.98. The number of alkyl halides is 3. The van der Waals surface area contributed by atoms with Crippen LogP contribution in [0.2, 0.25) is 0 Å². The van der Waals surface area contributed by atoms with Gasteiger partial charge in [-0.25, -0.2) is 9.18 Å². The van der Waals surface area contributed by atoms with Crippen LogP contribution in [0.1, 0.15) is 5.56 Å². The molecule has 0 saturated carbocycles. The Labute approximate surface area is 151 Å². The molecule has 2 aromatic heterocycles. The predicted molar refractivity (Wildman–Crippen MR) is 91.9 cm³/mol. The van der Waals surface area contributed by atoms with Crippen molar-refractivity contribution in [3.05, 3.63) is 68.9 Å². The number of nitrogens with one attached hydrogen (secondary N) is 1. The molecule has 0 saturated heterocycles. The van der Waals surface area contributed by atoms with Gasteiger partial charge < -0.3 is 4.98 Å². The van der Waals surface area contributed by atoms with Crippen molar-refractivity contribution in [3.8, 4) is 5.69 Å². The molecule has 0 spiro atoms. The fourth-order valence-electron chi connectivity index (χ4n) is 2.87. The lowest BCUT2D eigenvalue weighted by molar-refractivity contribution is -0.140. The third kappa shape index (κ3) is 2.59. The molecular weight excluding hydrogens is 418 g/mol. The summed E-state index contributed by atoms with van der Waals surface area (Å²) >= 11 is 3.33. The minimum absolute atomic E-state index is 0.0950. The van der Waals surface area contributed by atoms with Crippen LogP contribution in [0, 0.1) is 5.82 Å². The maximum atomic E-state index is 13.6. The van der Waals surface area contributed by atoms with Crippen molar-refractivity contribution >= 4 is 37.9 Å². The van der Waals surface area contributed by atoms with E-state index >= 15 is 0 Å². The van der Waals surface area contributed by atoms with Crippen LogP contribution in [0.25, 0.3) is 27.6 Å². The lowest BCUT2D eigenvalue weighted by atomic mass is 10.1. The molecule has 26 heavy (non-hydrogen) atoms. The molecule has 4 nitrogen and oxygen atoms in total. The zero-order valence-corrected chi connectivity index (χ0v) is 14.3. The lowest BCUT2D eigenvalue weighted by Gasteiger charge is -2.11. The van der Waals surface area contributed by atoms with Gasteiger partial charge in [0, 0.05) is 9.86 Å². The van der Waals surface area contributed by atoms with Gasteiger partial charge in [-0.05, 0) is 36.4 Å². The Kier molecular flexibility index (Phi) is 3.65. The van der Waals surface area contributed by atoms with Crippen molar-refractivity contribution in [1.29, 1.82) is 0 Å². The molecule has 0 aliphatic heterocycles. The second kappa shape index (κ2) is 5.66. The van der Waals surface area contributed by atoms with Crippen LogP contribution in [0.4, 0.5) is 17.6 Å². The van der Waals surface area contributed by atoms with Crippen LogP contribution < -0.4 is 5.69 Å². The number of imidazole rings is 1. The van der Waals surface area contributed by atoms with Gasteiger partial charge >= 0.3 is 11.9 Å². The summed E-state index contributed by atoms with van der Waals surface area (Å²) < 4.78 is 54.5. The molecule has 0 radical (unpaired) electrons. The molecule has 4 aromatic rings. The van der Waals surface area contributed by atoms with Gasteiger partial charge in [0.1, 0.15) is 5.82 Å².